The summed E-state index contributed by atoms with van der Waals surface area (Å²) in [7, 11) is 1.61. The fraction of sp³-hybridized carbons (Fsp3) is 0.435. The van der Waals surface area contributed by atoms with Crippen molar-refractivity contribution in [2.45, 2.75) is 12.6 Å². The molecule has 3 aromatic rings. The zero-order valence-corrected chi connectivity index (χ0v) is 19.2. The molecule has 1 unspecified atom stereocenters. The summed E-state index contributed by atoms with van der Waals surface area (Å²) in [6.07, 6.45) is 1.50. The fourth-order valence-corrected chi connectivity index (χ4v) is 5.04. The van der Waals surface area contributed by atoms with Gasteiger partial charge in [0.2, 0.25) is 0 Å². The standard InChI is InChI=1S/C23H26N4O5S/c1-29-18-3-2-17(19-14-31-10-11-32-19)21-20(18)25-23(33-21)26-22(28)15-4-5-24-16(12-15)13-27-6-8-30-9-7-27/h2-5,12,19H,6-11,13-14H2,1H3,(H,25,26,28). The molecule has 2 aliphatic rings. The van der Waals surface area contributed by atoms with Crippen LogP contribution in [0.1, 0.15) is 27.7 Å². The number of ether oxygens (including phenoxy) is 4. The molecule has 2 fully saturated rings. The molecule has 1 N–H and O–H groups in total. The number of thiazole rings is 1. The van der Waals surface area contributed by atoms with Crippen LogP contribution < -0.4 is 10.1 Å². The molecule has 1 atom stereocenters. The van der Waals surface area contributed by atoms with E-state index in [1.807, 2.05) is 18.2 Å². The van der Waals surface area contributed by atoms with Gasteiger partial charge in [-0.05, 0) is 18.2 Å². The second-order valence-corrected chi connectivity index (χ2v) is 8.87. The van der Waals surface area contributed by atoms with Crippen LogP contribution in [0.2, 0.25) is 0 Å². The van der Waals surface area contributed by atoms with Crippen molar-refractivity contribution in [1.82, 2.24) is 14.9 Å². The van der Waals surface area contributed by atoms with Crippen molar-refractivity contribution in [3.8, 4) is 5.75 Å². The lowest BCUT2D eigenvalue weighted by Gasteiger charge is -2.26. The maximum atomic E-state index is 13.0. The molecule has 4 heterocycles. The van der Waals surface area contributed by atoms with Crippen molar-refractivity contribution in [1.29, 1.82) is 0 Å². The number of methoxy groups -OCH3 is 1. The SMILES string of the molecule is COc1ccc(C2COCCO2)c2sc(NC(=O)c3ccnc(CN4CCOCC4)c3)nc12. The maximum Gasteiger partial charge on any atom is 0.257 e. The van der Waals surface area contributed by atoms with Gasteiger partial charge in [-0.3, -0.25) is 20.0 Å². The molecule has 2 aliphatic heterocycles. The third kappa shape index (κ3) is 4.99. The molecule has 174 valence electrons. The molecular weight excluding hydrogens is 444 g/mol. The number of benzene rings is 1. The summed E-state index contributed by atoms with van der Waals surface area (Å²) in [5, 5.41) is 3.44. The lowest BCUT2D eigenvalue weighted by Crippen LogP contribution is -2.35. The predicted molar refractivity (Wildman–Crippen MR) is 124 cm³/mol. The molecule has 0 bridgehead atoms. The van der Waals surface area contributed by atoms with Crippen LogP contribution in [0.15, 0.2) is 30.5 Å². The van der Waals surface area contributed by atoms with E-state index in [1.54, 1.807) is 19.4 Å². The third-order valence-electron chi connectivity index (χ3n) is 5.71. The quantitative estimate of drug-likeness (QED) is 0.588. The summed E-state index contributed by atoms with van der Waals surface area (Å²) in [6, 6.07) is 7.40. The number of carbonyl (C=O) groups excluding carboxylic acids is 1. The smallest absolute Gasteiger partial charge is 0.257 e. The van der Waals surface area contributed by atoms with Gasteiger partial charge in [0.25, 0.3) is 5.91 Å². The molecule has 33 heavy (non-hydrogen) atoms. The Balaban J connectivity index is 1.36. The van der Waals surface area contributed by atoms with E-state index in [9.17, 15) is 4.79 Å². The second-order valence-electron chi connectivity index (χ2n) is 7.87. The summed E-state index contributed by atoms with van der Waals surface area (Å²) in [4.78, 5) is 24.3. The van der Waals surface area contributed by atoms with Gasteiger partial charge >= 0.3 is 0 Å². The zero-order valence-electron chi connectivity index (χ0n) is 18.4. The Kier molecular flexibility index (Phi) is 6.79. The first kappa shape index (κ1) is 22.2. The topological polar surface area (TPSA) is 95.0 Å². The van der Waals surface area contributed by atoms with Crippen molar-refractivity contribution >= 4 is 32.6 Å². The number of fused-ring (bicyclic) bond motifs is 1. The average Bonchev–Trinajstić information content (AvgIpc) is 3.28. The molecule has 0 aliphatic carbocycles. The zero-order chi connectivity index (χ0) is 22.6. The summed E-state index contributed by atoms with van der Waals surface area (Å²) >= 11 is 1.41. The van der Waals surface area contributed by atoms with E-state index in [2.05, 4.69) is 20.2 Å². The van der Waals surface area contributed by atoms with Crippen molar-refractivity contribution in [2.75, 3.05) is 58.6 Å². The number of nitrogens with zero attached hydrogens (tertiary/aromatic N) is 3. The first-order chi connectivity index (χ1) is 16.2. The summed E-state index contributed by atoms with van der Waals surface area (Å²) < 4.78 is 23.3. The lowest BCUT2D eigenvalue weighted by atomic mass is 10.1. The highest BCUT2D eigenvalue weighted by atomic mass is 32.1. The van der Waals surface area contributed by atoms with Crippen LogP contribution in [0.3, 0.4) is 0 Å². The van der Waals surface area contributed by atoms with E-state index >= 15 is 0 Å². The highest BCUT2D eigenvalue weighted by Gasteiger charge is 2.23. The van der Waals surface area contributed by atoms with Crippen LogP contribution in [-0.2, 0) is 20.8 Å². The van der Waals surface area contributed by atoms with Gasteiger partial charge < -0.3 is 18.9 Å². The van der Waals surface area contributed by atoms with E-state index in [0.717, 1.165) is 42.3 Å². The highest BCUT2D eigenvalue weighted by molar-refractivity contribution is 7.22. The van der Waals surface area contributed by atoms with E-state index < -0.39 is 0 Å². The van der Waals surface area contributed by atoms with E-state index in [0.29, 0.717) is 48.3 Å². The second kappa shape index (κ2) is 10.1. The van der Waals surface area contributed by atoms with Crippen LogP contribution in [0.4, 0.5) is 5.13 Å². The first-order valence-corrected chi connectivity index (χ1v) is 11.8. The largest absolute Gasteiger partial charge is 0.494 e. The predicted octanol–water partition coefficient (Wildman–Crippen LogP) is 2.87. The molecule has 10 heteroatoms. The number of morpholine rings is 1. The maximum absolute atomic E-state index is 13.0. The minimum Gasteiger partial charge on any atom is -0.494 e. The summed E-state index contributed by atoms with van der Waals surface area (Å²) in [5.41, 5.74) is 3.09. The fourth-order valence-electron chi connectivity index (χ4n) is 4.01. The summed E-state index contributed by atoms with van der Waals surface area (Å²) in [5.74, 6) is 0.427. The van der Waals surface area contributed by atoms with Gasteiger partial charge in [0.1, 0.15) is 17.4 Å². The van der Waals surface area contributed by atoms with Gasteiger partial charge in [-0.15, -0.1) is 0 Å². The normalized spacial score (nSPS) is 19.5. The van der Waals surface area contributed by atoms with Crippen LogP contribution >= 0.6 is 11.3 Å². The van der Waals surface area contributed by atoms with E-state index in [-0.39, 0.29) is 12.0 Å². The molecule has 5 rings (SSSR count). The lowest BCUT2D eigenvalue weighted by molar-refractivity contribution is -0.0895. The Morgan fingerprint density at radius 1 is 1.21 bits per heavy atom. The Morgan fingerprint density at radius 3 is 2.88 bits per heavy atom. The van der Waals surface area contributed by atoms with Crippen molar-refractivity contribution in [3.63, 3.8) is 0 Å². The Morgan fingerprint density at radius 2 is 2.09 bits per heavy atom. The van der Waals surface area contributed by atoms with Crippen LogP contribution in [-0.4, -0.2) is 74.0 Å². The van der Waals surface area contributed by atoms with Crippen LogP contribution in [0, 0.1) is 0 Å². The van der Waals surface area contributed by atoms with Crippen molar-refractivity contribution in [3.05, 3.63) is 47.3 Å². The van der Waals surface area contributed by atoms with Crippen molar-refractivity contribution < 1.29 is 23.7 Å². The van der Waals surface area contributed by atoms with Gasteiger partial charge in [0.05, 0.1) is 50.5 Å². The Hall–Kier alpha value is -2.63. The molecule has 9 nitrogen and oxygen atoms in total. The van der Waals surface area contributed by atoms with Gasteiger partial charge in [0, 0.05) is 37.0 Å². The summed E-state index contributed by atoms with van der Waals surface area (Å²) in [6.45, 7) is 5.50. The van der Waals surface area contributed by atoms with Gasteiger partial charge in [-0.25, -0.2) is 4.98 Å². The van der Waals surface area contributed by atoms with Gasteiger partial charge in [0.15, 0.2) is 5.13 Å². The third-order valence-corrected chi connectivity index (χ3v) is 6.73. The molecule has 2 saturated heterocycles. The number of anilines is 1. The molecule has 0 radical (unpaired) electrons. The number of aromatic nitrogens is 2. The number of pyridine rings is 1. The van der Waals surface area contributed by atoms with E-state index in [4.69, 9.17) is 18.9 Å². The number of hydrogen-bond donors (Lipinski definition) is 1. The minimum atomic E-state index is -0.225. The van der Waals surface area contributed by atoms with Crippen LogP contribution in [0.5, 0.6) is 5.75 Å². The number of rotatable bonds is 6. The minimum absolute atomic E-state index is 0.167. The highest BCUT2D eigenvalue weighted by Crippen LogP contribution is 2.39. The van der Waals surface area contributed by atoms with Crippen LogP contribution in [0.25, 0.3) is 10.2 Å². The number of carbonyl (C=O) groups is 1. The van der Waals surface area contributed by atoms with E-state index in [1.165, 1.54) is 11.3 Å². The number of amides is 1. The Bertz CT molecular complexity index is 1130. The molecule has 2 aromatic heterocycles. The molecule has 1 aromatic carbocycles. The van der Waals surface area contributed by atoms with Gasteiger partial charge in [-0.2, -0.15) is 0 Å². The number of hydrogen-bond acceptors (Lipinski definition) is 9. The molecule has 1 amide bonds. The van der Waals surface area contributed by atoms with Gasteiger partial charge in [-0.1, -0.05) is 17.4 Å². The Labute approximate surface area is 195 Å². The number of nitrogens with one attached hydrogen (secondary N) is 1. The molecule has 0 saturated carbocycles. The molecular formula is C23H26N4O5S. The molecule has 0 spiro atoms. The van der Waals surface area contributed by atoms with Crippen molar-refractivity contribution in [2.24, 2.45) is 0 Å². The monoisotopic (exact) mass is 470 g/mol. The average molecular weight is 471 g/mol. The first-order valence-electron chi connectivity index (χ1n) is 10.9.